The van der Waals surface area contributed by atoms with Crippen molar-refractivity contribution in [3.8, 4) is 0 Å². The fraction of sp³-hybridized carbons (Fsp3) is 0.625. The highest BCUT2D eigenvalue weighted by atomic mass is 32.1. The van der Waals surface area contributed by atoms with E-state index in [1.807, 2.05) is 6.20 Å². The van der Waals surface area contributed by atoms with Crippen LogP contribution in [0, 0.1) is 0 Å². The van der Waals surface area contributed by atoms with Gasteiger partial charge in [0.2, 0.25) is 0 Å². The van der Waals surface area contributed by atoms with Crippen molar-refractivity contribution in [1.29, 1.82) is 0 Å². The average molecular weight is 170 g/mol. The van der Waals surface area contributed by atoms with E-state index >= 15 is 0 Å². The third kappa shape index (κ3) is 2.01. The highest BCUT2D eigenvalue weighted by molar-refractivity contribution is 7.11. The van der Waals surface area contributed by atoms with Crippen LogP contribution in [0.4, 0.5) is 0 Å². The smallest absolute Gasteiger partial charge is 0.0925 e. The molecule has 1 aromatic heterocycles. The summed E-state index contributed by atoms with van der Waals surface area (Å²) < 4.78 is 0. The van der Waals surface area contributed by atoms with E-state index in [-0.39, 0.29) is 0 Å². The first-order chi connectivity index (χ1) is 5.27. The minimum absolute atomic E-state index is 0.466. The average Bonchev–Trinajstić information content (AvgIpc) is 2.50. The van der Waals surface area contributed by atoms with Crippen LogP contribution in [-0.2, 0) is 6.42 Å². The fourth-order valence-electron chi connectivity index (χ4n) is 0.832. The second kappa shape index (κ2) is 3.83. The van der Waals surface area contributed by atoms with Crippen molar-refractivity contribution in [2.45, 2.75) is 26.2 Å². The first-order valence-electron chi connectivity index (χ1n) is 3.92. The molecule has 0 saturated heterocycles. The molecule has 62 valence electrons. The number of nitrogens with zero attached hydrogens (tertiary/aromatic N) is 1. The van der Waals surface area contributed by atoms with Crippen molar-refractivity contribution < 1.29 is 0 Å². The van der Waals surface area contributed by atoms with Crippen molar-refractivity contribution in [3.63, 3.8) is 0 Å². The Morgan fingerprint density at radius 2 is 2.45 bits per heavy atom. The van der Waals surface area contributed by atoms with Crippen LogP contribution in [0.5, 0.6) is 0 Å². The Morgan fingerprint density at radius 3 is 2.91 bits per heavy atom. The van der Waals surface area contributed by atoms with Gasteiger partial charge in [-0.15, -0.1) is 11.3 Å². The topological polar surface area (TPSA) is 38.9 Å². The van der Waals surface area contributed by atoms with Crippen LogP contribution in [0.15, 0.2) is 6.20 Å². The van der Waals surface area contributed by atoms with Gasteiger partial charge in [-0.3, -0.25) is 0 Å². The van der Waals surface area contributed by atoms with Gasteiger partial charge in [-0.2, -0.15) is 0 Å². The molecule has 2 N–H and O–H groups in total. The normalized spacial score (nSPS) is 13.4. The molecule has 0 bridgehead atoms. The van der Waals surface area contributed by atoms with E-state index in [9.17, 15) is 0 Å². The predicted molar refractivity (Wildman–Crippen MR) is 49.0 cm³/mol. The summed E-state index contributed by atoms with van der Waals surface area (Å²) in [6.45, 7) is 4.97. The second-order valence-electron chi connectivity index (χ2n) is 2.65. The number of aromatic nitrogens is 1. The van der Waals surface area contributed by atoms with E-state index in [0.29, 0.717) is 12.5 Å². The van der Waals surface area contributed by atoms with Gasteiger partial charge in [0.1, 0.15) is 0 Å². The van der Waals surface area contributed by atoms with E-state index < -0.39 is 0 Å². The summed E-state index contributed by atoms with van der Waals surface area (Å²) in [4.78, 5) is 5.58. The van der Waals surface area contributed by atoms with Crippen LogP contribution in [0.3, 0.4) is 0 Å². The molecule has 0 aliphatic rings. The minimum Gasteiger partial charge on any atom is -0.330 e. The third-order valence-electron chi connectivity index (χ3n) is 1.71. The number of aryl methyl sites for hydroxylation is 1. The van der Waals surface area contributed by atoms with Crippen LogP contribution in [0.25, 0.3) is 0 Å². The van der Waals surface area contributed by atoms with Crippen LogP contribution < -0.4 is 5.73 Å². The van der Waals surface area contributed by atoms with Gasteiger partial charge in [0, 0.05) is 17.0 Å². The lowest BCUT2D eigenvalue weighted by Crippen LogP contribution is -2.07. The van der Waals surface area contributed by atoms with Gasteiger partial charge >= 0.3 is 0 Å². The SMILES string of the molecule is CCc1ncc(C(C)CN)s1. The zero-order valence-electron chi connectivity index (χ0n) is 7.00. The lowest BCUT2D eigenvalue weighted by Gasteiger charge is -2.01. The Kier molecular flexibility index (Phi) is 3.02. The molecule has 0 aliphatic carbocycles. The summed E-state index contributed by atoms with van der Waals surface area (Å²) in [5.74, 6) is 0.466. The molecule has 0 aromatic carbocycles. The zero-order chi connectivity index (χ0) is 8.27. The van der Waals surface area contributed by atoms with Gasteiger partial charge in [-0.05, 0) is 13.0 Å². The van der Waals surface area contributed by atoms with Crippen molar-refractivity contribution in [2.75, 3.05) is 6.54 Å². The van der Waals surface area contributed by atoms with Crippen LogP contribution in [0.2, 0.25) is 0 Å². The molecule has 1 atom stereocenters. The molecule has 2 nitrogen and oxygen atoms in total. The summed E-state index contributed by atoms with van der Waals surface area (Å²) in [5.41, 5.74) is 5.53. The standard InChI is InChI=1S/C8H14N2S/c1-3-8-10-5-7(11-8)6(2)4-9/h5-6H,3-4,9H2,1-2H3. The molecule has 0 aliphatic heterocycles. The number of hydrogen-bond donors (Lipinski definition) is 1. The largest absolute Gasteiger partial charge is 0.330 e. The quantitative estimate of drug-likeness (QED) is 0.751. The van der Waals surface area contributed by atoms with E-state index in [1.54, 1.807) is 11.3 Å². The molecule has 1 rings (SSSR count). The summed E-state index contributed by atoms with van der Waals surface area (Å²) in [5, 5.41) is 1.21. The summed E-state index contributed by atoms with van der Waals surface area (Å²) in [6, 6.07) is 0. The van der Waals surface area contributed by atoms with Gasteiger partial charge in [-0.1, -0.05) is 13.8 Å². The maximum absolute atomic E-state index is 5.53. The maximum atomic E-state index is 5.53. The van der Waals surface area contributed by atoms with Crippen LogP contribution in [0.1, 0.15) is 29.7 Å². The molecule has 3 heteroatoms. The number of thiazole rings is 1. The minimum atomic E-state index is 0.466. The molecular formula is C8H14N2S. The second-order valence-corrected chi connectivity index (χ2v) is 3.79. The van der Waals surface area contributed by atoms with E-state index in [2.05, 4.69) is 18.8 Å². The summed E-state index contributed by atoms with van der Waals surface area (Å²) >= 11 is 1.77. The predicted octanol–water partition coefficient (Wildman–Crippen LogP) is 1.77. The van der Waals surface area contributed by atoms with E-state index in [0.717, 1.165) is 6.42 Å². The first-order valence-corrected chi connectivity index (χ1v) is 4.74. The fourth-order valence-corrected chi connectivity index (χ4v) is 1.76. The van der Waals surface area contributed by atoms with Gasteiger partial charge in [0.25, 0.3) is 0 Å². The molecule has 1 aromatic rings. The molecule has 0 spiro atoms. The highest BCUT2D eigenvalue weighted by Gasteiger charge is 2.06. The Bertz CT molecular complexity index is 220. The van der Waals surface area contributed by atoms with E-state index in [4.69, 9.17) is 5.73 Å². The van der Waals surface area contributed by atoms with Gasteiger partial charge in [0.05, 0.1) is 5.01 Å². The molecule has 1 heterocycles. The molecule has 0 amide bonds. The van der Waals surface area contributed by atoms with Crippen LogP contribution in [-0.4, -0.2) is 11.5 Å². The molecule has 1 unspecified atom stereocenters. The lowest BCUT2D eigenvalue weighted by atomic mass is 10.2. The van der Waals surface area contributed by atoms with Gasteiger partial charge in [0.15, 0.2) is 0 Å². The maximum Gasteiger partial charge on any atom is 0.0925 e. The molecule has 11 heavy (non-hydrogen) atoms. The summed E-state index contributed by atoms with van der Waals surface area (Å²) in [6.07, 6.45) is 2.98. The number of hydrogen-bond acceptors (Lipinski definition) is 3. The summed E-state index contributed by atoms with van der Waals surface area (Å²) in [7, 11) is 0. The van der Waals surface area contributed by atoms with Gasteiger partial charge < -0.3 is 5.73 Å². The number of rotatable bonds is 3. The Labute approximate surface area is 71.5 Å². The van der Waals surface area contributed by atoms with Crippen LogP contribution >= 0.6 is 11.3 Å². The monoisotopic (exact) mass is 170 g/mol. The van der Waals surface area contributed by atoms with Crippen molar-refractivity contribution in [3.05, 3.63) is 16.1 Å². The molecule has 0 radical (unpaired) electrons. The van der Waals surface area contributed by atoms with Crippen molar-refractivity contribution in [2.24, 2.45) is 5.73 Å². The third-order valence-corrected chi connectivity index (χ3v) is 3.09. The molecular weight excluding hydrogens is 156 g/mol. The molecule has 0 fully saturated rings. The molecule has 0 saturated carbocycles. The Balaban J connectivity index is 2.71. The van der Waals surface area contributed by atoms with Crippen molar-refractivity contribution >= 4 is 11.3 Å². The number of nitrogens with two attached hydrogens (primary N) is 1. The lowest BCUT2D eigenvalue weighted by molar-refractivity contribution is 0.787. The van der Waals surface area contributed by atoms with Crippen molar-refractivity contribution in [1.82, 2.24) is 4.98 Å². The Hall–Kier alpha value is -0.410. The highest BCUT2D eigenvalue weighted by Crippen LogP contribution is 2.21. The zero-order valence-corrected chi connectivity index (χ0v) is 7.82. The first kappa shape index (κ1) is 8.68. The Morgan fingerprint density at radius 1 is 1.73 bits per heavy atom. The van der Waals surface area contributed by atoms with E-state index in [1.165, 1.54) is 9.88 Å². The van der Waals surface area contributed by atoms with Gasteiger partial charge in [-0.25, -0.2) is 4.98 Å².